The van der Waals surface area contributed by atoms with Crippen molar-refractivity contribution in [2.45, 2.75) is 0 Å². The molecule has 110 valence electrons. The minimum absolute atomic E-state index is 0.0617. The van der Waals surface area contributed by atoms with Crippen LogP contribution in [0.15, 0.2) is 48.2 Å². The minimum atomic E-state index is -1.07. The number of carboxylic acids is 1. The van der Waals surface area contributed by atoms with Crippen molar-refractivity contribution in [1.82, 2.24) is 0 Å². The van der Waals surface area contributed by atoms with Crippen LogP contribution in [0.4, 0.5) is 0 Å². The van der Waals surface area contributed by atoms with Gasteiger partial charge in [0.05, 0.1) is 12.7 Å². The summed E-state index contributed by atoms with van der Waals surface area (Å²) in [5.41, 5.74) is 1.20. The number of hydrogen-bond acceptors (Lipinski definition) is 4. The average molecular weight is 296 g/mol. The van der Waals surface area contributed by atoms with Gasteiger partial charge in [-0.2, -0.15) is 0 Å². The number of allylic oxidation sites excluding steroid dienone is 1. The summed E-state index contributed by atoms with van der Waals surface area (Å²) in [5, 5.41) is 9.06. The number of carbonyl (C=O) groups excluding carboxylic acids is 1. The molecule has 5 nitrogen and oxygen atoms in total. The van der Waals surface area contributed by atoms with Crippen LogP contribution in [0, 0.1) is 0 Å². The molecule has 2 aromatic carbocycles. The highest BCUT2D eigenvalue weighted by Gasteiger charge is 2.26. The van der Waals surface area contributed by atoms with Crippen LogP contribution in [0.25, 0.3) is 6.08 Å². The fraction of sp³-hybridized carbons (Fsp3) is 0.0588. The molecule has 0 radical (unpaired) electrons. The van der Waals surface area contributed by atoms with Crippen LogP contribution in [-0.2, 0) is 0 Å². The molecule has 0 saturated heterocycles. The molecule has 5 heteroatoms. The summed E-state index contributed by atoms with van der Waals surface area (Å²) < 4.78 is 10.6. The molecule has 1 aliphatic rings. The molecular formula is C17H12O5. The summed E-state index contributed by atoms with van der Waals surface area (Å²) in [5.74, 6) is -0.322. The third kappa shape index (κ3) is 2.33. The van der Waals surface area contributed by atoms with E-state index in [1.54, 1.807) is 42.5 Å². The summed E-state index contributed by atoms with van der Waals surface area (Å²) >= 11 is 0. The van der Waals surface area contributed by atoms with Gasteiger partial charge in [-0.25, -0.2) is 4.79 Å². The lowest BCUT2D eigenvalue weighted by atomic mass is 10.1. The Labute approximate surface area is 126 Å². The maximum absolute atomic E-state index is 12.2. The van der Waals surface area contributed by atoms with Gasteiger partial charge in [0, 0.05) is 0 Å². The first-order valence-electron chi connectivity index (χ1n) is 6.55. The number of Topliss-reactive ketones (excluding diaryl/α,β-unsaturated/α-hetero) is 1. The van der Waals surface area contributed by atoms with Gasteiger partial charge in [-0.15, -0.1) is 0 Å². The molecule has 0 bridgehead atoms. The molecule has 0 saturated carbocycles. The number of carboxylic acid groups (broad SMARTS) is 1. The van der Waals surface area contributed by atoms with E-state index in [-0.39, 0.29) is 22.9 Å². The number of rotatable bonds is 3. The maximum Gasteiger partial charge on any atom is 0.339 e. The Bertz CT molecular complexity index is 804. The molecule has 22 heavy (non-hydrogen) atoms. The Kier molecular flexibility index (Phi) is 3.39. The van der Waals surface area contributed by atoms with Crippen molar-refractivity contribution in [2.75, 3.05) is 7.11 Å². The molecule has 2 aromatic rings. The second-order valence-electron chi connectivity index (χ2n) is 4.70. The fourth-order valence-electron chi connectivity index (χ4n) is 2.26. The Hall–Kier alpha value is -3.08. The zero-order valence-electron chi connectivity index (χ0n) is 11.7. The fourth-order valence-corrected chi connectivity index (χ4v) is 2.26. The van der Waals surface area contributed by atoms with Crippen molar-refractivity contribution in [3.05, 3.63) is 64.9 Å². The topological polar surface area (TPSA) is 72.8 Å². The van der Waals surface area contributed by atoms with E-state index in [2.05, 4.69) is 0 Å². The Morgan fingerprint density at radius 1 is 1.23 bits per heavy atom. The zero-order valence-corrected chi connectivity index (χ0v) is 11.7. The van der Waals surface area contributed by atoms with Crippen LogP contribution in [0.1, 0.15) is 26.3 Å². The number of aromatic carboxylic acids is 1. The van der Waals surface area contributed by atoms with Crippen LogP contribution in [0.2, 0.25) is 0 Å². The quantitative estimate of drug-likeness (QED) is 0.881. The van der Waals surface area contributed by atoms with E-state index >= 15 is 0 Å². The third-order valence-corrected chi connectivity index (χ3v) is 3.33. The van der Waals surface area contributed by atoms with E-state index in [1.807, 2.05) is 0 Å². The van der Waals surface area contributed by atoms with Crippen molar-refractivity contribution in [2.24, 2.45) is 0 Å². The summed E-state index contributed by atoms with van der Waals surface area (Å²) in [4.78, 5) is 23.3. The average Bonchev–Trinajstić information content (AvgIpc) is 2.83. The van der Waals surface area contributed by atoms with Gasteiger partial charge in [0.15, 0.2) is 5.76 Å². The van der Waals surface area contributed by atoms with Crippen LogP contribution in [-0.4, -0.2) is 24.0 Å². The molecule has 3 rings (SSSR count). The number of ketones is 1. The minimum Gasteiger partial charge on any atom is -0.496 e. The normalized spacial score (nSPS) is 14.6. The molecule has 1 aliphatic heterocycles. The molecule has 0 spiro atoms. The lowest BCUT2D eigenvalue weighted by Crippen LogP contribution is -2.01. The Morgan fingerprint density at radius 2 is 2.00 bits per heavy atom. The Morgan fingerprint density at radius 3 is 2.68 bits per heavy atom. The van der Waals surface area contributed by atoms with Crippen molar-refractivity contribution >= 4 is 17.8 Å². The smallest absolute Gasteiger partial charge is 0.339 e. The summed E-state index contributed by atoms with van der Waals surface area (Å²) in [6.45, 7) is 0. The molecule has 0 amide bonds. The van der Waals surface area contributed by atoms with Gasteiger partial charge in [-0.3, -0.25) is 4.79 Å². The van der Waals surface area contributed by atoms with Crippen LogP contribution < -0.4 is 9.47 Å². The highest BCUT2D eigenvalue weighted by Crippen LogP contribution is 2.32. The van der Waals surface area contributed by atoms with Gasteiger partial charge >= 0.3 is 5.97 Å². The van der Waals surface area contributed by atoms with Crippen molar-refractivity contribution in [3.8, 4) is 11.5 Å². The highest BCUT2D eigenvalue weighted by molar-refractivity contribution is 6.14. The molecule has 1 N–H and O–H groups in total. The van der Waals surface area contributed by atoms with Gasteiger partial charge in [0.1, 0.15) is 17.1 Å². The van der Waals surface area contributed by atoms with E-state index in [9.17, 15) is 9.59 Å². The zero-order chi connectivity index (χ0) is 15.7. The van der Waals surface area contributed by atoms with Crippen molar-refractivity contribution < 1.29 is 24.2 Å². The third-order valence-electron chi connectivity index (χ3n) is 3.33. The Balaban J connectivity index is 1.97. The summed E-state index contributed by atoms with van der Waals surface area (Å²) in [6, 6.07) is 11.6. The maximum atomic E-state index is 12.2. The van der Waals surface area contributed by atoms with Crippen LogP contribution >= 0.6 is 0 Å². The molecule has 0 aromatic heterocycles. The first-order chi connectivity index (χ1) is 10.6. The second-order valence-corrected chi connectivity index (χ2v) is 4.70. The molecule has 0 aliphatic carbocycles. The van der Waals surface area contributed by atoms with Crippen molar-refractivity contribution in [3.63, 3.8) is 0 Å². The number of fused-ring (bicyclic) bond motifs is 1. The van der Waals surface area contributed by atoms with Crippen LogP contribution in [0.3, 0.4) is 0 Å². The number of para-hydroxylation sites is 1. The van der Waals surface area contributed by atoms with E-state index in [1.165, 1.54) is 13.2 Å². The largest absolute Gasteiger partial charge is 0.496 e. The predicted molar refractivity (Wildman–Crippen MR) is 79.3 cm³/mol. The van der Waals surface area contributed by atoms with E-state index < -0.39 is 5.97 Å². The van der Waals surface area contributed by atoms with Gasteiger partial charge in [-0.1, -0.05) is 18.2 Å². The SMILES string of the molecule is COc1cc(/C=C2/Oc3ccccc3C2=O)ccc1C(=O)O. The molecule has 0 atom stereocenters. The van der Waals surface area contributed by atoms with E-state index in [4.69, 9.17) is 14.6 Å². The number of hydrogen-bond donors (Lipinski definition) is 1. The van der Waals surface area contributed by atoms with E-state index in [0.29, 0.717) is 16.9 Å². The number of carbonyl (C=O) groups is 2. The molecule has 0 fully saturated rings. The monoisotopic (exact) mass is 296 g/mol. The first kappa shape index (κ1) is 13.9. The molecule has 0 unspecified atom stereocenters. The number of methoxy groups -OCH3 is 1. The summed E-state index contributed by atoms with van der Waals surface area (Å²) in [7, 11) is 1.39. The number of benzene rings is 2. The van der Waals surface area contributed by atoms with Crippen molar-refractivity contribution in [1.29, 1.82) is 0 Å². The van der Waals surface area contributed by atoms with E-state index in [0.717, 1.165) is 0 Å². The summed E-state index contributed by atoms with van der Waals surface area (Å²) in [6.07, 6.45) is 1.57. The standard InChI is InChI=1S/C17H12O5/c1-21-14-8-10(6-7-12(14)17(19)20)9-15-16(18)11-4-2-3-5-13(11)22-15/h2-9H,1H3,(H,19,20)/b15-9+. The lowest BCUT2D eigenvalue weighted by molar-refractivity contribution is 0.0693. The lowest BCUT2D eigenvalue weighted by Gasteiger charge is -2.06. The van der Waals surface area contributed by atoms with Gasteiger partial charge in [0.2, 0.25) is 5.78 Å². The molecular weight excluding hydrogens is 284 g/mol. The first-order valence-corrected chi connectivity index (χ1v) is 6.55. The van der Waals surface area contributed by atoms with Gasteiger partial charge in [-0.05, 0) is 35.9 Å². The molecule has 1 heterocycles. The number of ether oxygens (including phenoxy) is 2. The van der Waals surface area contributed by atoms with Crippen LogP contribution in [0.5, 0.6) is 11.5 Å². The van der Waals surface area contributed by atoms with Gasteiger partial charge in [0.25, 0.3) is 0 Å². The highest BCUT2D eigenvalue weighted by atomic mass is 16.5. The predicted octanol–water partition coefficient (Wildman–Crippen LogP) is 3.01. The second kappa shape index (κ2) is 5.37. The van der Waals surface area contributed by atoms with Gasteiger partial charge < -0.3 is 14.6 Å².